The van der Waals surface area contributed by atoms with Crippen molar-refractivity contribution in [3.8, 4) is 27.9 Å². The number of nitrogens with one attached hydrogen (secondary N) is 1. The number of para-hydroxylation sites is 3. The average molecular weight is 717 g/mol. The zero-order valence-corrected chi connectivity index (χ0v) is 30.5. The van der Waals surface area contributed by atoms with Crippen molar-refractivity contribution in [3.63, 3.8) is 0 Å². The molecule has 2 aromatic heterocycles. The summed E-state index contributed by atoms with van der Waals surface area (Å²) in [5.41, 5.74) is 12.8. The van der Waals surface area contributed by atoms with Gasteiger partial charge in [-0.25, -0.2) is 4.99 Å². The van der Waals surface area contributed by atoms with Crippen LogP contribution in [0.3, 0.4) is 0 Å². The minimum absolute atomic E-state index is 0.0627. The van der Waals surface area contributed by atoms with Crippen molar-refractivity contribution in [2.75, 3.05) is 0 Å². The smallest absolute Gasteiger partial charge is 0.138 e. The summed E-state index contributed by atoms with van der Waals surface area (Å²) in [6, 6.07) is 71.7. The van der Waals surface area contributed by atoms with Crippen LogP contribution >= 0.6 is 0 Å². The zero-order chi connectivity index (χ0) is 37.0. The van der Waals surface area contributed by atoms with Crippen molar-refractivity contribution in [2.45, 2.75) is 6.04 Å². The summed E-state index contributed by atoms with van der Waals surface area (Å²) >= 11 is 0. The summed E-state index contributed by atoms with van der Waals surface area (Å²) in [5.74, 6) is 1.75. The molecule has 56 heavy (non-hydrogen) atoms. The third-order valence-electron chi connectivity index (χ3n) is 11.2. The molecule has 1 unspecified atom stereocenters. The highest BCUT2D eigenvalue weighted by molar-refractivity contribution is 6.20. The Morgan fingerprint density at radius 2 is 1.00 bits per heavy atom. The highest BCUT2D eigenvalue weighted by Gasteiger charge is 2.25. The first-order valence-corrected chi connectivity index (χ1v) is 19.2. The molecule has 0 aliphatic carbocycles. The second-order valence-corrected chi connectivity index (χ2v) is 14.4. The highest BCUT2D eigenvalue weighted by atomic mass is 15.2. The summed E-state index contributed by atoms with van der Waals surface area (Å²) in [6.07, 6.45) is 2.26. The van der Waals surface area contributed by atoms with Gasteiger partial charge >= 0.3 is 0 Å². The zero-order valence-electron chi connectivity index (χ0n) is 30.5. The summed E-state index contributed by atoms with van der Waals surface area (Å²) in [7, 11) is 0. The predicted octanol–water partition coefficient (Wildman–Crippen LogP) is 12.8. The van der Waals surface area contributed by atoms with Crippen LogP contribution in [0, 0.1) is 0 Å². The average Bonchev–Trinajstić information content (AvgIpc) is 3.80. The number of aliphatic imine (C=N–C) groups is 1. The quantitative estimate of drug-likeness (QED) is 0.183. The molecule has 1 N–H and O–H groups in total. The van der Waals surface area contributed by atoms with E-state index in [1.165, 1.54) is 60.4 Å². The van der Waals surface area contributed by atoms with Gasteiger partial charge in [0.1, 0.15) is 11.7 Å². The number of rotatable bonds is 6. The van der Waals surface area contributed by atoms with Crippen molar-refractivity contribution in [1.82, 2.24) is 14.5 Å². The fourth-order valence-corrected chi connectivity index (χ4v) is 8.67. The third kappa shape index (κ3) is 5.19. The van der Waals surface area contributed by atoms with Gasteiger partial charge in [-0.05, 0) is 76.4 Å². The Kier molecular flexibility index (Phi) is 7.52. The lowest BCUT2D eigenvalue weighted by atomic mass is 9.90. The lowest BCUT2D eigenvalue weighted by molar-refractivity contribution is 0.773. The van der Waals surface area contributed by atoms with E-state index in [4.69, 9.17) is 4.99 Å². The number of aromatic nitrogens is 2. The molecule has 8 aromatic carbocycles. The fraction of sp³-hybridized carbons (Fsp3) is 0.0192. The molecule has 4 heteroatoms. The van der Waals surface area contributed by atoms with Crippen LogP contribution in [0.15, 0.2) is 211 Å². The summed E-state index contributed by atoms with van der Waals surface area (Å²) in [5, 5.41) is 8.60. The largest absolute Gasteiger partial charge is 0.359 e. The number of benzene rings is 8. The van der Waals surface area contributed by atoms with Crippen molar-refractivity contribution in [1.29, 1.82) is 0 Å². The van der Waals surface area contributed by atoms with Gasteiger partial charge in [0.25, 0.3) is 0 Å². The van der Waals surface area contributed by atoms with E-state index in [9.17, 15) is 0 Å². The van der Waals surface area contributed by atoms with Crippen LogP contribution < -0.4 is 5.32 Å². The van der Waals surface area contributed by atoms with Crippen LogP contribution in [0.2, 0.25) is 0 Å². The summed E-state index contributed by atoms with van der Waals surface area (Å²) in [6.45, 7) is 0. The molecule has 0 fully saturated rings. The fourth-order valence-electron chi connectivity index (χ4n) is 8.67. The Hall–Kier alpha value is -7.43. The number of fused-ring (bicyclic) bond motifs is 6. The molecule has 0 bridgehead atoms. The van der Waals surface area contributed by atoms with Crippen LogP contribution in [-0.2, 0) is 0 Å². The molecule has 1 aliphatic heterocycles. The van der Waals surface area contributed by atoms with E-state index in [-0.39, 0.29) is 6.04 Å². The van der Waals surface area contributed by atoms with Gasteiger partial charge in [-0.3, -0.25) is 4.57 Å². The maximum atomic E-state index is 5.37. The first kappa shape index (κ1) is 32.0. The normalized spacial score (nSPS) is 14.2. The molecule has 10 aromatic rings. The summed E-state index contributed by atoms with van der Waals surface area (Å²) < 4.78 is 4.76. The first-order chi connectivity index (χ1) is 27.8. The molecular weight excluding hydrogens is 681 g/mol. The van der Waals surface area contributed by atoms with Gasteiger partial charge in [-0.15, -0.1) is 0 Å². The van der Waals surface area contributed by atoms with E-state index < -0.39 is 0 Å². The van der Waals surface area contributed by atoms with Gasteiger partial charge in [-0.2, -0.15) is 0 Å². The number of hydrogen-bond donors (Lipinski definition) is 1. The maximum Gasteiger partial charge on any atom is 0.138 e. The summed E-state index contributed by atoms with van der Waals surface area (Å²) in [4.78, 5) is 5.37. The second-order valence-electron chi connectivity index (χ2n) is 14.4. The second kappa shape index (κ2) is 13.2. The minimum atomic E-state index is -0.0627. The van der Waals surface area contributed by atoms with Crippen LogP contribution in [-0.4, -0.2) is 15.0 Å². The number of amidine groups is 1. The maximum absolute atomic E-state index is 5.37. The Balaban J connectivity index is 1.21. The molecular formula is C52H36N4. The molecule has 3 heterocycles. The lowest BCUT2D eigenvalue weighted by Crippen LogP contribution is -2.31. The van der Waals surface area contributed by atoms with E-state index in [2.05, 4.69) is 215 Å². The van der Waals surface area contributed by atoms with Crippen molar-refractivity contribution in [3.05, 3.63) is 217 Å². The van der Waals surface area contributed by atoms with Gasteiger partial charge in [0.2, 0.25) is 0 Å². The lowest BCUT2D eigenvalue weighted by Gasteiger charge is -2.25. The first-order valence-electron chi connectivity index (χ1n) is 19.2. The highest BCUT2D eigenvalue weighted by Crippen LogP contribution is 2.45. The van der Waals surface area contributed by atoms with Crippen LogP contribution in [0.1, 0.15) is 17.2 Å². The topological polar surface area (TPSA) is 34.2 Å². The van der Waals surface area contributed by atoms with E-state index in [1.807, 2.05) is 6.07 Å². The molecule has 0 saturated heterocycles. The molecule has 0 spiro atoms. The van der Waals surface area contributed by atoms with Crippen molar-refractivity contribution < 1.29 is 0 Å². The molecule has 0 saturated carbocycles. The molecule has 264 valence electrons. The van der Waals surface area contributed by atoms with E-state index in [0.717, 1.165) is 33.9 Å². The van der Waals surface area contributed by atoms with Gasteiger partial charge in [-0.1, -0.05) is 158 Å². The monoisotopic (exact) mass is 716 g/mol. The Bertz CT molecular complexity index is 3140. The van der Waals surface area contributed by atoms with Gasteiger partial charge in [0.05, 0.1) is 28.1 Å². The van der Waals surface area contributed by atoms with E-state index in [0.29, 0.717) is 0 Å². The molecule has 11 rings (SSSR count). The van der Waals surface area contributed by atoms with Crippen molar-refractivity contribution >= 4 is 55.3 Å². The number of nitrogens with zero attached hydrogens (tertiary/aromatic N) is 3. The van der Waals surface area contributed by atoms with Crippen LogP contribution in [0.4, 0.5) is 0 Å². The Labute approximate surface area is 324 Å². The SMILES string of the molecule is C1=C(n2c3ccccc3c3c(-c4cc5c6ccccc6n(-c6ccccc6)c5cc4-c4ccccc4)cccc32)N=C(c2ccccc2)NC1c1ccccc1. The standard InChI is InChI=1S/C52H36N4/c1-5-18-35(19-6-1)42-33-49-44(39-26-13-15-29-46(39)55(49)38-24-11-4-12-25-38)32-43(42)40-28-17-31-48-51(40)41-27-14-16-30-47(41)56(48)50-34-45(36-20-7-2-8-21-36)53-52(54-50)37-22-9-3-10-23-37/h1-34,45H,(H,53,54). The Morgan fingerprint density at radius 3 is 1.73 bits per heavy atom. The van der Waals surface area contributed by atoms with Crippen molar-refractivity contribution in [2.24, 2.45) is 4.99 Å². The molecule has 0 amide bonds. The van der Waals surface area contributed by atoms with Crippen LogP contribution in [0.25, 0.3) is 77.4 Å². The molecule has 0 radical (unpaired) electrons. The minimum Gasteiger partial charge on any atom is -0.359 e. The van der Waals surface area contributed by atoms with Gasteiger partial charge < -0.3 is 9.88 Å². The third-order valence-corrected chi connectivity index (χ3v) is 11.2. The predicted molar refractivity (Wildman–Crippen MR) is 234 cm³/mol. The van der Waals surface area contributed by atoms with Gasteiger partial charge in [0, 0.05) is 32.8 Å². The van der Waals surface area contributed by atoms with E-state index >= 15 is 0 Å². The molecule has 1 aliphatic rings. The van der Waals surface area contributed by atoms with Gasteiger partial charge in [0.15, 0.2) is 0 Å². The van der Waals surface area contributed by atoms with Crippen LogP contribution in [0.5, 0.6) is 0 Å². The Morgan fingerprint density at radius 1 is 0.411 bits per heavy atom. The molecule has 1 atom stereocenters. The number of hydrogen-bond acceptors (Lipinski definition) is 2. The molecule has 4 nitrogen and oxygen atoms in total. The van der Waals surface area contributed by atoms with E-state index in [1.54, 1.807) is 0 Å².